The molecule has 11 heteroatoms. The van der Waals surface area contributed by atoms with Gasteiger partial charge >= 0.3 is 0 Å². The first kappa shape index (κ1) is 25.9. The van der Waals surface area contributed by atoms with Gasteiger partial charge in [0.1, 0.15) is 5.69 Å². The number of piperidine rings is 1. The molecule has 1 aliphatic heterocycles. The quantitative estimate of drug-likeness (QED) is 0.504. The second kappa shape index (κ2) is 10.5. The zero-order valence-corrected chi connectivity index (χ0v) is 22.5. The monoisotopic (exact) mass is 528 g/mol. The first-order valence-corrected chi connectivity index (χ1v) is 14.8. The fourth-order valence-electron chi connectivity index (χ4n) is 5.80. The number of imidazole rings is 1. The molecule has 1 saturated carbocycles. The van der Waals surface area contributed by atoms with Crippen LogP contribution in [0.15, 0.2) is 36.9 Å². The summed E-state index contributed by atoms with van der Waals surface area (Å²) in [6.07, 6.45) is 11.0. The number of carbonyl (C=O) groups is 1. The van der Waals surface area contributed by atoms with E-state index in [2.05, 4.69) is 33.0 Å². The van der Waals surface area contributed by atoms with Crippen molar-refractivity contribution in [2.45, 2.75) is 50.2 Å². The minimum atomic E-state index is -3.37. The number of sulfonamides is 1. The van der Waals surface area contributed by atoms with E-state index < -0.39 is 10.0 Å². The number of likely N-dealkylation sites (tertiary alicyclic amines) is 1. The van der Waals surface area contributed by atoms with Gasteiger partial charge in [0.2, 0.25) is 10.0 Å². The van der Waals surface area contributed by atoms with Crippen molar-refractivity contribution in [1.82, 2.24) is 29.0 Å². The smallest absolute Gasteiger partial charge is 0.272 e. The molecule has 37 heavy (non-hydrogen) atoms. The predicted octanol–water partition coefficient (Wildman–Crippen LogP) is 2.43. The Hall–Kier alpha value is -2.76. The van der Waals surface area contributed by atoms with Crippen molar-refractivity contribution in [3.63, 3.8) is 0 Å². The van der Waals surface area contributed by atoms with Gasteiger partial charge in [-0.15, -0.1) is 0 Å². The van der Waals surface area contributed by atoms with E-state index in [4.69, 9.17) is 4.74 Å². The Morgan fingerprint density at radius 3 is 2.62 bits per heavy atom. The fraction of sp³-hybridized carbons (Fsp3) is 0.577. The third-order valence-electron chi connectivity index (χ3n) is 7.88. The maximum atomic E-state index is 13.1. The van der Waals surface area contributed by atoms with Gasteiger partial charge in [-0.05, 0) is 55.7 Å². The second-order valence-corrected chi connectivity index (χ2v) is 12.4. The highest BCUT2D eigenvalue weighted by molar-refractivity contribution is 7.88. The Kier molecular flexibility index (Phi) is 7.37. The number of hydrogen-bond donors (Lipinski definition) is 1. The molecule has 3 aromatic rings. The van der Waals surface area contributed by atoms with E-state index in [0.29, 0.717) is 37.7 Å². The molecule has 10 nitrogen and oxygen atoms in total. The lowest BCUT2D eigenvalue weighted by atomic mass is 9.82. The van der Waals surface area contributed by atoms with Crippen molar-refractivity contribution in [3.8, 4) is 0 Å². The topological polar surface area (TPSA) is 111 Å². The van der Waals surface area contributed by atoms with Gasteiger partial charge < -0.3 is 14.2 Å². The van der Waals surface area contributed by atoms with Gasteiger partial charge in [0.15, 0.2) is 0 Å². The number of aromatic nitrogens is 4. The molecule has 1 unspecified atom stereocenters. The molecular weight excluding hydrogens is 492 g/mol. The fourth-order valence-corrected chi connectivity index (χ4v) is 6.66. The molecule has 1 saturated heterocycles. The highest BCUT2D eigenvalue weighted by atomic mass is 32.2. The van der Waals surface area contributed by atoms with Gasteiger partial charge in [-0.3, -0.25) is 9.48 Å². The van der Waals surface area contributed by atoms with E-state index in [0.717, 1.165) is 31.2 Å². The number of amides is 1. The van der Waals surface area contributed by atoms with Gasteiger partial charge in [-0.1, -0.05) is 6.07 Å². The summed E-state index contributed by atoms with van der Waals surface area (Å²) in [4.78, 5) is 18.9. The van der Waals surface area contributed by atoms with Gasteiger partial charge in [-0.25, -0.2) is 18.1 Å². The van der Waals surface area contributed by atoms with Crippen molar-refractivity contribution in [3.05, 3.63) is 48.2 Å². The van der Waals surface area contributed by atoms with Crippen molar-refractivity contribution < 1.29 is 17.9 Å². The Labute approximate surface area is 218 Å². The molecular formula is C26H36N6O4S. The van der Waals surface area contributed by atoms with E-state index in [1.165, 1.54) is 17.2 Å². The molecule has 200 valence electrons. The van der Waals surface area contributed by atoms with Crippen molar-refractivity contribution in [2.24, 2.45) is 20.0 Å². The molecule has 2 aliphatic rings. The number of hydrogen-bond acceptors (Lipinski definition) is 6. The molecule has 5 rings (SSSR count). The highest BCUT2D eigenvalue weighted by Gasteiger charge is 2.35. The zero-order valence-electron chi connectivity index (χ0n) is 21.7. The summed E-state index contributed by atoms with van der Waals surface area (Å²) in [5.41, 5.74) is 3.02. The summed E-state index contributed by atoms with van der Waals surface area (Å²) in [6, 6.07) is 6.36. The Balaban J connectivity index is 1.19. The SMILES string of the molecule is Cn1cncc1C(=O)N1CCC(NS(C)(=O)=O)[C@H](COC2CCC(c3ccc4c(cnn4C)c3)CC2)C1. The van der Waals surface area contributed by atoms with Gasteiger partial charge in [0.05, 0.1) is 43.2 Å². The number of nitrogens with one attached hydrogen (secondary N) is 1. The first-order chi connectivity index (χ1) is 17.7. The van der Waals surface area contributed by atoms with Crippen LogP contribution in [-0.2, 0) is 28.9 Å². The lowest BCUT2D eigenvalue weighted by molar-refractivity contribution is -0.0150. The van der Waals surface area contributed by atoms with Crippen LogP contribution >= 0.6 is 0 Å². The average Bonchev–Trinajstić information content (AvgIpc) is 3.47. The van der Waals surface area contributed by atoms with Crippen molar-refractivity contribution >= 4 is 26.8 Å². The summed E-state index contributed by atoms with van der Waals surface area (Å²) in [5.74, 6) is 0.297. The molecule has 0 bridgehead atoms. The summed E-state index contributed by atoms with van der Waals surface area (Å²) >= 11 is 0. The summed E-state index contributed by atoms with van der Waals surface area (Å²) in [6.45, 7) is 1.34. The van der Waals surface area contributed by atoms with Crippen LogP contribution in [0.25, 0.3) is 10.9 Å². The molecule has 0 radical (unpaired) electrons. The van der Waals surface area contributed by atoms with Gasteiger partial charge in [0, 0.05) is 44.5 Å². The highest BCUT2D eigenvalue weighted by Crippen LogP contribution is 2.35. The van der Waals surface area contributed by atoms with E-state index in [1.54, 1.807) is 29.0 Å². The maximum absolute atomic E-state index is 13.1. The lowest BCUT2D eigenvalue weighted by Crippen LogP contribution is -2.54. The van der Waals surface area contributed by atoms with Crippen LogP contribution in [0.3, 0.4) is 0 Å². The molecule has 2 atom stereocenters. The Bertz CT molecular complexity index is 1360. The van der Waals surface area contributed by atoms with Crippen LogP contribution in [0.5, 0.6) is 0 Å². The van der Waals surface area contributed by atoms with Crippen LogP contribution in [0, 0.1) is 5.92 Å². The third kappa shape index (κ3) is 5.89. The molecule has 2 aromatic heterocycles. The minimum Gasteiger partial charge on any atom is -0.378 e. The first-order valence-electron chi connectivity index (χ1n) is 12.9. The predicted molar refractivity (Wildman–Crippen MR) is 141 cm³/mol. The molecule has 3 heterocycles. The number of ether oxygens (including phenoxy) is 1. The Morgan fingerprint density at radius 2 is 1.92 bits per heavy atom. The van der Waals surface area contributed by atoms with Crippen LogP contribution < -0.4 is 4.72 Å². The molecule has 0 spiro atoms. The molecule has 1 amide bonds. The number of rotatable bonds is 7. The molecule has 1 N–H and O–H groups in total. The number of carbonyl (C=O) groups excluding carboxylic acids is 1. The number of aryl methyl sites for hydroxylation is 2. The second-order valence-electron chi connectivity index (χ2n) is 10.6. The number of benzene rings is 1. The summed E-state index contributed by atoms with van der Waals surface area (Å²) in [7, 11) is 0.386. The molecule has 1 aliphatic carbocycles. The van der Waals surface area contributed by atoms with Crippen LogP contribution in [0.2, 0.25) is 0 Å². The van der Waals surface area contributed by atoms with E-state index >= 15 is 0 Å². The third-order valence-corrected chi connectivity index (χ3v) is 8.62. The van der Waals surface area contributed by atoms with Gasteiger partial charge in [0.25, 0.3) is 5.91 Å². The summed E-state index contributed by atoms with van der Waals surface area (Å²) in [5, 5.41) is 5.52. The minimum absolute atomic E-state index is 0.0890. The molecule has 1 aromatic carbocycles. The Morgan fingerprint density at radius 1 is 1.14 bits per heavy atom. The number of fused-ring (bicyclic) bond motifs is 1. The van der Waals surface area contributed by atoms with Crippen LogP contribution in [0.1, 0.15) is 54.1 Å². The zero-order chi connectivity index (χ0) is 26.2. The largest absolute Gasteiger partial charge is 0.378 e. The van der Waals surface area contributed by atoms with Crippen LogP contribution in [0.4, 0.5) is 0 Å². The van der Waals surface area contributed by atoms with E-state index in [1.807, 2.05) is 17.9 Å². The van der Waals surface area contributed by atoms with Crippen LogP contribution in [-0.4, -0.2) is 76.7 Å². The average molecular weight is 529 g/mol. The molecule has 2 fully saturated rings. The van der Waals surface area contributed by atoms with Crippen molar-refractivity contribution in [2.75, 3.05) is 26.0 Å². The maximum Gasteiger partial charge on any atom is 0.272 e. The van der Waals surface area contributed by atoms with Gasteiger partial charge in [-0.2, -0.15) is 5.10 Å². The lowest BCUT2D eigenvalue weighted by Gasteiger charge is -2.39. The van der Waals surface area contributed by atoms with E-state index in [-0.39, 0.29) is 24.0 Å². The van der Waals surface area contributed by atoms with Crippen molar-refractivity contribution in [1.29, 1.82) is 0 Å². The standard InChI is InChI=1S/C26H36N6O4S/c1-30-17-27-14-25(30)26(33)32-11-10-23(29-37(3,34)35)21(15-32)16-36-22-7-4-18(5-8-22)19-6-9-24-20(12-19)13-28-31(24)2/h6,9,12-14,17-18,21-23,29H,4-5,7-8,10-11,15-16H2,1-3H3/t18?,21-,22?,23?/m0/s1. The number of nitrogens with zero attached hydrogens (tertiary/aromatic N) is 5. The normalized spacial score (nSPS) is 25.0. The van der Waals surface area contributed by atoms with E-state index in [9.17, 15) is 13.2 Å². The summed E-state index contributed by atoms with van der Waals surface area (Å²) < 4.78 is 36.7.